The molecular formula is C16H23NO2. The highest BCUT2D eigenvalue weighted by molar-refractivity contribution is 5.50. The van der Waals surface area contributed by atoms with Gasteiger partial charge in [0.05, 0.1) is 0 Å². The Balaban J connectivity index is 1.66. The minimum atomic E-state index is -0.103. The summed E-state index contributed by atoms with van der Waals surface area (Å²) in [6.45, 7) is 7.44. The first kappa shape index (κ1) is 12.8. The normalized spacial score (nSPS) is 27.3. The first-order valence-corrected chi connectivity index (χ1v) is 7.28. The van der Waals surface area contributed by atoms with Gasteiger partial charge in [0, 0.05) is 18.0 Å². The zero-order chi connectivity index (χ0) is 13.5. The van der Waals surface area contributed by atoms with Crippen LogP contribution in [0.25, 0.3) is 0 Å². The smallest absolute Gasteiger partial charge is 0.165 e. The summed E-state index contributed by atoms with van der Waals surface area (Å²) in [4.78, 5) is 0. The molecule has 1 saturated carbocycles. The summed E-state index contributed by atoms with van der Waals surface area (Å²) in [5.41, 5.74) is 1.17. The van der Waals surface area contributed by atoms with Crippen LogP contribution in [0.3, 0.4) is 0 Å². The molecule has 0 saturated heterocycles. The molecule has 1 fully saturated rings. The summed E-state index contributed by atoms with van der Waals surface area (Å²) in [7, 11) is 0. The third-order valence-electron chi connectivity index (χ3n) is 3.94. The maximum Gasteiger partial charge on any atom is 0.165 e. The monoisotopic (exact) mass is 261 g/mol. The summed E-state index contributed by atoms with van der Waals surface area (Å²) < 4.78 is 12.1. The van der Waals surface area contributed by atoms with Gasteiger partial charge in [0.15, 0.2) is 11.5 Å². The third kappa shape index (κ3) is 2.57. The number of benzene rings is 1. The van der Waals surface area contributed by atoms with Gasteiger partial charge in [-0.25, -0.2) is 0 Å². The largest absolute Gasteiger partial charge is 0.486 e. The molecule has 1 aliphatic carbocycles. The van der Waals surface area contributed by atoms with Gasteiger partial charge >= 0.3 is 0 Å². The SMILES string of the molecule is CCNC1CC(Oc2cccc3c2OC(C)(C)C3)C1. The molecule has 0 atom stereocenters. The topological polar surface area (TPSA) is 30.5 Å². The molecular weight excluding hydrogens is 238 g/mol. The van der Waals surface area contributed by atoms with Gasteiger partial charge in [0.25, 0.3) is 0 Å². The first-order valence-electron chi connectivity index (χ1n) is 7.28. The van der Waals surface area contributed by atoms with Crippen molar-refractivity contribution in [1.82, 2.24) is 5.32 Å². The summed E-state index contributed by atoms with van der Waals surface area (Å²) in [5, 5.41) is 3.45. The molecule has 0 spiro atoms. The number of hydrogen-bond acceptors (Lipinski definition) is 3. The minimum Gasteiger partial charge on any atom is -0.486 e. The van der Waals surface area contributed by atoms with Gasteiger partial charge in [-0.2, -0.15) is 0 Å². The molecule has 1 aliphatic heterocycles. The van der Waals surface area contributed by atoms with Crippen molar-refractivity contribution in [2.45, 2.75) is 57.8 Å². The lowest BCUT2D eigenvalue weighted by Crippen LogP contribution is -2.46. The summed E-state index contributed by atoms with van der Waals surface area (Å²) >= 11 is 0. The quantitative estimate of drug-likeness (QED) is 0.904. The molecule has 3 rings (SSSR count). The van der Waals surface area contributed by atoms with Gasteiger partial charge in [0.2, 0.25) is 0 Å². The molecule has 3 nitrogen and oxygen atoms in total. The molecule has 3 heteroatoms. The van der Waals surface area contributed by atoms with Crippen LogP contribution >= 0.6 is 0 Å². The Labute approximate surface area is 115 Å². The molecule has 0 bridgehead atoms. The lowest BCUT2D eigenvalue weighted by atomic mass is 9.89. The van der Waals surface area contributed by atoms with Crippen LogP contribution in [0.2, 0.25) is 0 Å². The van der Waals surface area contributed by atoms with E-state index in [0.717, 1.165) is 37.3 Å². The van der Waals surface area contributed by atoms with Crippen molar-refractivity contribution in [3.63, 3.8) is 0 Å². The molecule has 19 heavy (non-hydrogen) atoms. The van der Waals surface area contributed by atoms with Crippen LogP contribution in [-0.2, 0) is 6.42 Å². The van der Waals surface area contributed by atoms with Gasteiger partial charge in [-0.3, -0.25) is 0 Å². The molecule has 1 aromatic carbocycles. The summed E-state index contributed by atoms with van der Waals surface area (Å²) in [6, 6.07) is 6.86. The standard InChI is InChI=1S/C16H23NO2/c1-4-17-12-8-13(9-12)18-14-7-5-6-11-10-16(2,3)19-15(11)14/h5-7,12-13,17H,4,8-10H2,1-3H3. The van der Waals surface area contributed by atoms with E-state index in [4.69, 9.17) is 9.47 Å². The molecule has 0 radical (unpaired) electrons. The Morgan fingerprint density at radius 2 is 2.16 bits per heavy atom. The molecule has 0 aromatic heterocycles. The van der Waals surface area contributed by atoms with Crippen molar-refractivity contribution < 1.29 is 9.47 Å². The fourth-order valence-corrected chi connectivity index (χ4v) is 2.98. The van der Waals surface area contributed by atoms with E-state index < -0.39 is 0 Å². The van der Waals surface area contributed by atoms with Crippen molar-refractivity contribution in [3.8, 4) is 11.5 Å². The predicted molar refractivity (Wildman–Crippen MR) is 76.0 cm³/mol. The van der Waals surface area contributed by atoms with E-state index in [1.807, 2.05) is 6.07 Å². The Morgan fingerprint density at radius 1 is 1.37 bits per heavy atom. The molecule has 0 unspecified atom stereocenters. The highest BCUT2D eigenvalue weighted by Crippen LogP contribution is 2.43. The number of nitrogens with one attached hydrogen (secondary N) is 1. The van der Waals surface area contributed by atoms with Crippen LogP contribution in [0.4, 0.5) is 0 Å². The second-order valence-corrected chi connectivity index (χ2v) is 6.25. The van der Waals surface area contributed by atoms with E-state index in [1.165, 1.54) is 5.56 Å². The average molecular weight is 261 g/mol. The van der Waals surface area contributed by atoms with Crippen molar-refractivity contribution in [2.24, 2.45) is 0 Å². The van der Waals surface area contributed by atoms with Crippen molar-refractivity contribution in [2.75, 3.05) is 6.54 Å². The Hall–Kier alpha value is -1.22. The van der Waals surface area contributed by atoms with E-state index >= 15 is 0 Å². The molecule has 1 aromatic rings. The van der Waals surface area contributed by atoms with Crippen LogP contribution in [0.15, 0.2) is 18.2 Å². The maximum atomic E-state index is 6.10. The van der Waals surface area contributed by atoms with Gasteiger partial charge in [-0.1, -0.05) is 19.1 Å². The second kappa shape index (κ2) is 4.71. The van der Waals surface area contributed by atoms with Gasteiger partial charge < -0.3 is 14.8 Å². The van der Waals surface area contributed by atoms with Crippen molar-refractivity contribution in [3.05, 3.63) is 23.8 Å². The Bertz CT molecular complexity index is 464. The fourth-order valence-electron chi connectivity index (χ4n) is 2.98. The second-order valence-electron chi connectivity index (χ2n) is 6.25. The van der Waals surface area contributed by atoms with E-state index in [1.54, 1.807) is 0 Å². The minimum absolute atomic E-state index is 0.103. The predicted octanol–water partition coefficient (Wildman–Crippen LogP) is 2.92. The number of hydrogen-bond donors (Lipinski definition) is 1. The summed E-state index contributed by atoms with van der Waals surface area (Å²) in [5.74, 6) is 1.88. The van der Waals surface area contributed by atoms with Crippen molar-refractivity contribution in [1.29, 1.82) is 0 Å². The van der Waals surface area contributed by atoms with Crippen LogP contribution in [0.5, 0.6) is 11.5 Å². The number of fused-ring (bicyclic) bond motifs is 1. The van der Waals surface area contributed by atoms with Crippen LogP contribution < -0.4 is 14.8 Å². The lowest BCUT2D eigenvalue weighted by molar-refractivity contribution is 0.0751. The van der Waals surface area contributed by atoms with Gasteiger partial charge in [0.1, 0.15) is 11.7 Å². The van der Waals surface area contributed by atoms with Crippen LogP contribution in [0.1, 0.15) is 39.2 Å². The van der Waals surface area contributed by atoms with Crippen LogP contribution in [-0.4, -0.2) is 24.3 Å². The molecule has 104 valence electrons. The lowest BCUT2D eigenvalue weighted by Gasteiger charge is -2.36. The Kier molecular flexibility index (Phi) is 3.17. The van der Waals surface area contributed by atoms with Crippen molar-refractivity contribution >= 4 is 0 Å². The fraction of sp³-hybridized carbons (Fsp3) is 0.625. The third-order valence-corrected chi connectivity index (χ3v) is 3.94. The molecule has 1 heterocycles. The van der Waals surface area contributed by atoms with Crippen LogP contribution in [0, 0.1) is 0 Å². The molecule has 0 amide bonds. The Morgan fingerprint density at radius 3 is 2.89 bits per heavy atom. The average Bonchev–Trinajstić information content (AvgIpc) is 2.61. The summed E-state index contributed by atoms with van der Waals surface area (Å²) in [6.07, 6.45) is 3.49. The van der Waals surface area contributed by atoms with E-state index in [9.17, 15) is 0 Å². The highest BCUT2D eigenvalue weighted by Gasteiger charge is 2.35. The van der Waals surface area contributed by atoms with E-state index in [0.29, 0.717) is 12.1 Å². The van der Waals surface area contributed by atoms with E-state index in [-0.39, 0.29) is 5.60 Å². The maximum absolute atomic E-state index is 6.10. The van der Waals surface area contributed by atoms with E-state index in [2.05, 4.69) is 38.2 Å². The first-order chi connectivity index (χ1) is 9.07. The number of rotatable bonds is 4. The number of ether oxygens (including phenoxy) is 2. The number of para-hydroxylation sites is 1. The zero-order valence-electron chi connectivity index (χ0n) is 12.0. The molecule has 1 N–H and O–H groups in total. The zero-order valence-corrected chi connectivity index (χ0v) is 12.0. The van der Waals surface area contributed by atoms with Gasteiger partial charge in [-0.15, -0.1) is 0 Å². The highest BCUT2D eigenvalue weighted by atomic mass is 16.5. The van der Waals surface area contributed by atoms with Gasteiger partial charge in [-0.05, 0) is 39.3 Å². The molecule has 2 aliphatic rings.